The Bertz CT molecular complexity index is 593. The van der Waals surface area contributed by atoms with Crippen LogP contribution in [-0.2, 0) is 0 Å². The van der Waals surface area contributed by atoms with Crippen LogP contribution in [0.5, 0.6) is 0 Å². The molecule has 0 aliphatic carbocycles. The summed E-state index contributed by atoms with van der Waals surface area (Å²) >= 11 is 1.51. The summed E-state index contributed by atoms with van der Waals surface area (Å²) in [5.74, 6) is 0.312. The van der Waals surface area contributed by atoms with Crippen molar-refractivity contribution in [1.29, 1.82) is 0 Å². The van der Waals surface area contributed by atoms with Crippen LogP contribution in [0.25, 0.3) is 16.2 Å². The Balaban J connectivity index is 2.77. The summed E-state index contributed by atoms with van der Waals surface area (Å²) in [5, 5.41) is 7.67. The maximum Gasteiger partial charge on any atom is 0.282 e. The van der Waals surface area contributed by atoms with Crippen LogP contribution in [0.1, 0.15) is 37.3 Å². The Kier molecular flexibility index (Phi) is 2.92. The molecular weight excluding hydrogens is 220 g/mol. The standard InChI is InChI=1S/C12H14N2OS/c1-4-5-8-6-9-10(7(2)3)13-14-12(15)11(9)16-8/h4-7H,1-3H3,(H,14,15). The molecule has 4 heteroatoms. The first kappa shape index (κ1) is 11.1. The van der Waals surface area contributed by atoms with Crippen LogP contribution < -0.4 is 5.56 Å². The normalized spacial score (nSPS) is 12.0. The van der Waals surface area contributed by atoms with Crippen LogP contribution >= 0.6 is 11.3 Å². The number of nitrogens with zero attached hydrogens (tertiary/aromatic N) is 1. The van der Waals surface area contributed by atoms with Crippen molar-refractivity contribution >= 4 is 27.5 Å². The molecule has 0 aliphatic heterocycles. The lowest BCUT2D eigenvalue weighted by atomic mass is 10.1. The summed E-state index contributed by atoms with van der Waals surface area (Å²) in [4.78, 5) is 12.7. The molecule has 84 valence electrons. The maximum absolute atomic E-state index is 11.6. The third kappa shape index (κ3) is 1.80. The predicted octanol–water partition coefficient (Wildman–Crippen LogP) is 3.14. The monoisotopic (exact) mass is 234 g/mol. The van der Waals surface area contributed by atoms with Gasteiger partial charge in [0, 0.05) is 10.3 Å². The first-order chi connectivity index (χ1) is 7.63. The number of hydrogen-bond acceptors (Lipinski definition) is 3. The Morgan fingerprint density at radius 2 is 2.25 bits per heavy atom. The minimum atomic E-state index is -0.0971. The van der Waals surface area contributed by atoms with E-state index in [0.717, 1.165) is 20.7 Å². The van der Waals surface area contributed by atoms with Gasteiger partial charge in [-0.15, -0.1) is 11.3 Å². The fourth-order valence-electron chi connectivity index (χ4n) is 1.68. The highest BCUT2D eigenvalue weighted by molar-refractivity contribution is 7.19. The van der Waals surface area contributed by atoms with Crippen LogP contribution in [0.4, 0.5) is 0 Å². The zero-order chi connectivity index (χ0) is 11.7. The number of fused-ring (bicyclic) bond motifs is 1. The van der Waals surface area contributed by atoms with E-state index in [1.54, 1.807) is 0 Å². The van der Waals surface area contributed by atoms with E-state index < -0.39 is 0 Å². The Labute approximate surface area is 97.8 Å². The smallest absolute Gasteiger partial charge is 0.266 e. The molecule has 0 atom stereocenters. The molecule has 0 aliphatic rings. The third-order valence-corrected chi connectivity index (χ3v) is 3.49. The SMILES string of the molecule is CC=Cc1cc2c(C(C)C)n[nH]c(=O)c2s1. The van der Waals surface area contributed by atoms with Gasteiger partial charge >= 0.3 is 0 Å². The highest BCUT2D eigenvalue weighted by Crippen LogP contribution is 2.28. The van der Waals surface area contributed by atoms with Gasteiger partial charge in [-0.05, 0) is 25.0 Å². The summed E-state index contributed by atoms with van der Waals surface area (Å²) < 4.78 is 0.770. The maximum atomic E-state index is 11.6. The van der Waals surface area contributed by atoms with E-state index in [-0.39, 0.29) is 5.56 Å². The van der Waals surface area contributed by atoms with Crippen LogP contribution in [0.15, 0.2) is 16.9 Å². The molecule has 0 spiro atoms. The van der Waals surface area contributed by atoms with Crippen LogP contribution in [0.2, 0.25) is 0 Å². The molecule has 0 aromatic carbocycles. The molecular formula is C12H14N2OS. The zero-order valence-corrected chi connectivity index (χ0v) is 10.4. The van der Waals surface area contributed by atoms with E-state index in [0.29, 0.717) is 5.92 Å². The van der Waals surface area contributed by atoms with E-state index in [9.17, 15) is 4.79 Å². The van der Waals surface area contributed by atoms with Gasteiger partial charge in [0.1, 0.15) is 4.70 Å². The van der Waals surface area contributed by atoms with Gasteiger partial charge in [0.2, 0.25) is 0 Å². The average molecular weight is 234 g/mol. The van der Waals surface area contributed by atoms with E-state index >= 15 is 0 Å². The van der Waals surface area contributed by atoms with Gasteiger partial charge in [-0.3, -0.25) is 4.79 Å². The van der Waals surface area contributed by atoms with Crippen LogP contribution in [0.3, 0.4) is 0 Å². The summed E-state index contributed by atoms with van der Waals surface area (Å²) in [6, 6.07) is 2.04. The molecule has 0 saturated heterocycles. The van der Waals surface area contributed by atoms with Crippen molar-refractivity contribution in [3.05, 3.63) is 33.1 Å². The average Bonchev–Trinajstić information content (AvgIpc) is 2.62. The second-order valence-electron chi connectivity index (χ2n) is 3.98. The van der Waals surface area contributed by atoms with E-state index in [4.69, 9.17) is 0 Å². The van der Waals surface area contributed by atoms with Crippen molar-refractivity contribution in [1.82, 2.24) is 10.2 Å². The zero-order valence-electron chi connectivity index (χ0n) is 9.57. The first-order valence-electron chi connectivity index (χ1n) is 5.28. The summed E-state index contributed by atoms with van der Waals surface area (Å²) in [7, 11) is 0. The van der Waals surface area contributed by atoms with Gasteiger partial charge in [-0.2, -0.15) is 5.10 Å². The van der Waals surface area contributed by atoms with E-state index in [1.807, 2.05) is 25.1 Å². The molecule has 2 heterocycles. The topological polar surface area (TPSA) is 45.8 Å². The third-order valence-electron chi connectivity index (χ3n) is 2.39. The number of thiophene rings is 1. The van der Waals surface area contributed by atoms with Crippen molar-refractivity contribution < 1.29 is 0 Å². The van der Waals surface area contributed by atoms with E-state index in [2.05, 4.69) is 24.0 Å². The van der Waals surface area contributed by atoms with Crippen LogP contribution in [-0.4, -0.2) is 10.2 Å². The minimum absolute atomic E-state index is 0.0971. The fraction of sp³-hybridized carbons (Fsp3) is 0.333. The number of hydrogen-bond donors (Lipinski definition) is 1. The number of allylic oxidation sites excluding steroid dienone is 1. The van der Waals surface area contributed by atoms with Gasteiger partial charge in [0.05, 0.1) is 5.69 Å². The molecule has 2 rings (SSSR count). The first-order valence-corrected chi connectivity index (χ1v) is 6.10. The van der Waals surface area contributed by atoms with Gasteiger partial charge in [0.25, 0.3) is 5.56 Å². The van der Waals surface area contributed by atoms with Crippen molar-refractivity contribution in [3.63, 3.8) is 0 Å². The van der Waals surface area contributed by atoms with Crippen molar-refractivity contribution in [2.24, 2.45) is 0 Å². The van der Waals surface area contributed by atoms with E-state index in [1.165, 1.54) is 11.3 Å². The van der Waals surface area contributed by atoms with Crippen molar-refractivity contribution in [2.45, 2.75) is 26.7 Å². The van der Waals surface area contributed by atoms with Crippen LogP contribution in [0, 0.1) is 0 Å². The molecule has 2 aromatic rings. The van der Waals surface area contributed by atoms with Gasteiger partial charge in [0.15, 0.2) is 0 Å². The molecule has 3 nitrogen and oxygen atoms in total. The lowest BCUT2D eigenvalue weighted by Gasteiger charge is -2.03. The van der Waals surface area contributed by atoms with Gasteiger partial charge in [-0.1, -0.05) is 19.9 Å². The fourth-order valence-corrected chi connectivity index (χ4v) is 2.71. The number of aromatic nitrogens is 2. The minimum Gasteiger partial charge on any atom is -0.266 e. The second-order valence-corrected chi connectivity index (χ2v) is 5.07. The quantitative estimate of drug-likeness (QED) is 0.867. The van der Waals surface area contributed by atoms with Gasteiger partial charge < -0.3 is 0 Å². The summed E-state index contributed by atoms with van der Waals surface area (Å²) in [6.45, 7) is 6.12. The predicted molar refractivity (Wildman–Crippen MR) is 69.0 cm³/mol. The molecule has 1 N–H and O–H groups in total. The Morgan fingerprint density at radius 3 is 2.88 bits per heavy atom. The lowest BCUT2D eigenvalue weighted by molar-refractivity contribution is 0.793. The highest BCUT2D eigenvalue weighted by Gasteiger charge is 2.12. The second kappa shape index (κ2) is 4.22. The molecule has 0 saturated carbocycles. The molecule has 0 bridgehead atoms. The largest absolute Gasteiger partial charge is 0.282 e. The molecule has 2 aromatic heterocycles. The van der Waals surface area contributed by atoms with Crippen molar-refractivity contribution in [2.75, 3.05) is 0 Å². The molecule has 16 heavy (non-hydrogen) atoms. The summed E-state index contributed by atoms with van der Waals surface area (Å²) in [5.41, 5.74) is 0.863. The number of nitrogens with one attached hydrogen (secondary N) is 1. The number of aromatic amines is 1. The Hall–Kier alpha value is -1.42. The number of H-pyrrole nitrogens is 1. The molecule has 0 radical (unpaired) electrons. The number of rotatable bonds is 2. The molecule has 0 amide bonds. The lowest BCUT2D eigenvalue weighted by Crippen LogP contribution is -2.09. The summed E-state index contributed by atoms with van der Waals surface area (Å²) in [6.07, 6.45) is 3.98. The molecule has 0 unspecified atom stereocenters. The highest BCUT2D eigenvalue weighted by atomic mass is 32.1. The molecule has 0 fully saturated rings. The Morgan fingerprint density at radius 1 is 1.50 bits per heavy atom. The van der Waals surface area contributed by atoms with Gasteiger partial charge in [-0.25, -0.2) is 5.10 Å². The van der Waals surface area contributed by atoms with Crippen molar-refractivity contribution in [3.8, 4) is 0 Å².